The Kier molecular flexibility index (Phi) is 6.63. The number of benzene rings is 2. The van der Waals surface area contributed by atoms with Crippen LogP contribution in [0, 0.1) is 5.92 Å². The summed E-state index contributed by atoms with van der Waals surface area (Å²) in [5.74, 6) is -0.428. The fourth-order valence-electron chi connectivity index (χ4n) is 2.79. The molecule has 29 heavy (non-hydrogen) atoms. The lowest BCUT2D eigenvalue weighted by Gasteiger charge is -2.21. The van der Waals surface area contributed by atoms with Crippen molar-refractivity contribution >= 4 is 17.7 Å². The molecule has 150 valence electrons. The first kappa shape index (κ1) is 20.1. The van der Waals surface area contributed by atoms with Gasteiger partial charge in [-0.15, -0.1) is 0 Å². The van der Waals surface area contributed by atoms with Gasteiger partial charge in [0, 0.05) is 18.1 Å². The summed E-state index contributed by atoms with van der Waals surface area (Å²) in [6.45, 7) is 3.87. The van der Waals surface area contributed by atoms with Gasteiger partial charge in [-0.3, -0.25) is 4.79 Å². The van der Waals surface area contributed by atoms with Gasteiger partial charge in [-0.25, -0.2) is 9.48 Å². The SMILES string of the molecule is CC(C)[C@H](NC(=O)OCc1ccccc1)C(=O)Nc1cccc(-n2cccn2)c1. The first-order valence-electron chi connectivity index (χ1n) is 9.41. The Bertz CT molecular complexity index is 940. The van der Waals surface area contributed by atoms with Gasteiger partial charge in [0.25, 0.3) is 0 Å². The van der Waals surface area contributed by atoms with Crippen LogP contribution in [0.5, 0.6) is 0 Å². The van der Waals surface area contributed by atoms with Crippen LogP contribution in [0.15, 0.2) is 73.1 Å². The molecule has 0 unspecified atom stereocenters. The standard InChI is InChI=1S/C22H24N4O3/c1-16(2)20(25-22(28)29-15-17-8-4-3-5-9-17)21(27)24-18-10-6-11-19(14-18)26-13-7-12-23-26/h3-14,16,20H,15H2,1-2H3,(H,24,27)(H,25,28)/t20-/m0/s1. The van der Waals surface area contributed by atoms with E-state index in [-0.39, 0.29) is 18.4 Å². The zero-order valence-corrected chi connectivity index (χ0v) is 16.4. The second-order valence-corrected chi connectivity index (χ2v) is 6.92. The van der Waals surface area contributed by atoms with E-state index in [1.54, 1.807) is 16.9 Å². The van der Waals surface area contributed by atoms with Crippen molar-refractivity contribution in [1.29, 1.82) is 0 Å². The molecular weight excluding hydrogens is 368 g/mol. The number of alkyl carbamates (subject to hydrolysis) is 1. The molecule has 7 heteroatoms. The summed E-state index contributed by atoms with van der Waals surface area (Å²) in [5, 5.41) is 9.70. The minimum absolute atomic E-state index is 0.117. The summed E-state index contributed by atoms with van der Waals surface area (Å²) in [5.41, 5.74) is 2.32. The first-order chi connectivity index (χ1) is 14.0. The first-order valence-corrected chi connectivity index (χ1v) is 9.41. The summed E-state index contributed by atoms with van der Waals surface area (Å²) in [6.07, 6.45) is 2.88. The maximum atomic E-state index is 12.8. The number of aromatic nitrogens is 2. The van der Waals surface area contributed by atoms with E-state index in [0.29, 0.717) is 5.69 Å². The van der Waals surface area contributed by atoms with Crippen molar-refractivity contribution in [1.82, 2.24) is 15.1 Å². The van der Waals surface area contributed by atoms with Crippen molar-refractivity contribution in [2.24, 2.45) is 5.92 Å². The zero-order valence-electron chi connectivity index (χ0n) is 16.4. The van der Waals surface area contributed by atoms with Crippen molar-refractivity contribution < 1.29 is 14.3 Å². The third-order valence-electron chi connectivity index (χ3n) is 4.32. The van der Waals surface area contributed by atoms with E-state index in [1.165, 1.54) is 0 Å². The molecule has 2 N–H and O–H groups in total. The third kappa shape index (κ3) is 5.68. The van der Waals surface area contributed by atoms with E-state index < -0.39 is 12.1 Å². The van der Waals surface area contributed by atoms with Crippen LogP contribution in [0.3, 0.4) is 0 Å². The molecule has 0 spiro atoms. The Morgan fingerprint density at radius 2 is 1.86 bits per heavy atom. The highest BCUT2D eigenvalue weighted by Crippen LogP contribution is 2.15. The van der Waals surface area contributed by atoms with Gasteiger partial charge < -0.3 is 15.4 Å². The van der Waals surface area contributed by atoms with Crippen LogP contribution >= 0.6 is 0 Å². The zero-order chi connectivity index (χ0) is 20.6. The molecule has 2 amide bonds. The maximum Gasteiger partial charge on any atom is 0.408 e. The van der Waals surface area contributed by atoms with Crippen molar-refractivity contribution in [3.8, 4) is 5.69 Å². The predicted octanol–water partition coefficient (Wildman–Crippen LogP) is 3.76. The van der Waals surface area contributed by atoms with Crippen LogP contribution in [0.25, 0.3) is 5.69 Å². The van der Waals surface area contributed by atoms with E-state index in [9.17, 15) is 9.59 Å². The van der Waals surface area contributed by atoms with Gasteiger partial charge in [0.1, 0.15) is 12.6 Å². The number of carbonyl (C=O) groups excluding carboxylic acids is 2. The van der Waals surface area contributed by atoms with E-state index in [2.05, 4.69) is 15.7 Å². The molecule has 0 saturated carbocycles. The van der Waals surface area contributed by atoms with Crippen LogP contribution in [-0.2, 0) is 16.1 Å². The van der Waals surface area contributed by atoms with Crippen molar-refractivity contribution in [2.75, 3.05) is 5.32 Å². The molecule has 0 bridgehead atoms. The largest absolute Gasteiger partial charge is 0.445 e. The smallest absolute Gasteiger partial charge is 0.408 e. The quantitative estimate of drug-likeness (QED) is 0.641. The van der Waals surface area contributed by atoms with Gasteiger partial charge in [0.05, 0.1) is 5.69 Å². The number of nitrogens with one attached hydrogen (secondary N) is 2. The number of hydrogen-bond acceptors (Lipinski definition) is 4. The Hall–Kier alpha value is -3.61. The van der Waals surface area contributed by atoms with E-state index in [0.717, 1.165) is 11.3 Å². The van der Waals surface area contributed by atoms with E-state index in [1.807, 2.05) is 74.6 Å². The van der Waals surface area contributed by atoms with Crippen molar-refractivity contribution in [3.63, 3.8) is 0 Å². The molecule has 0 aliphatic heterocycles. The fraction of sp³-hybridized carbons (Fsp3) is 0.227. The fourth-order valence-corrected chi connectivity index (χ4v) is 2.79. The Morgan fingerprint density at radius 1 is 1.07 bits per heavy atom. The monoisotopic (exact) mass is 392 g/mol. The van der Waals surface area contributed by atoms with Crippen LogP contribution in [-0.4, -0.2) is 27.8 Å². The van der Waals surface area contributed by atoms with Crippen LogP contribution in [0.2, 0.25) is 0 Å². The summed E-state index contributed by atoms with van der Waals surface area (Å²) < 4.78 is 6.94. The normalized spacial score (nSPS) is 11.7. The summed E-state index contributed by atoms with van der Waals surface area (Å²) in [4.78, 5) is 24.9. The molecule has 0 fully saturated rings. The summed E-state index contributed by atoms with van der Waals surface area (Å²) >= 11 is 0. The molecule has 0 aliphatic rings. The molecule has 3 rings (SSSR count). The van der Waals surface area contributed by atoms with Crippen LogP contribution < -0.4 is 10.6 Å². The van der Waals surface area contributed by atoms with E-state index in [4.69, 9.17) is 4.74 Å². The average molecular weight is 392 g/mol. The Labute approximate surface area is 169 Å². The summed E-state index contributed by atoms with van der Waals surface area (Å²) in [7, 11) is 0. The summed E-state index contributed by atoms with van der Waals surface area (Å²) in [6, 6.07) is 17.8. The van der Waals surface area contributed by atoms with Crippen LogP contribution in [0.1, 0.15) is 19.4 Å². The van der Waals surface area contributed by atoms with Gasteiger partial charge in [-0.2, -0.15) is 5.10 Å². The highest BCUT2D eigenvalue weighted by Gasteiger charge is 2.25. The molecule has 1 heterocycles. The minimum atomic E-state index is -0.730. The Morgan fingerprint density at radius 3 is 2.55 bits per heavy atom. The second kappa shape index (κ2) is 9.54. The second-order valence-electron chi connectivity index (χ2n) is 6.92. The van der Waals surface area contributed by atoms with E-state index >= 15 is 0 Å². The van der Waals surface area contributed by atoms with Crippen LogP contribution in [0.4, 0.5) is 10.5 Å². The third-order valence-corrected chi connectivity index (χ3v) is 4.32. The lowest BCUT2D eigenvalue weighted by atomic mass is 10.0. The van der Waals surface area contributed by atoms with Gasteiger partial charge >= 0.3 is 6.09 Å². The topological polar surface area (TPSA) is 85.2 Å². The molecule has 0 radical (unpaired) electrons. The van der Waals surface area contributed by atoms with Gasteiger partial charge in [0.2, 0.25) is 5.91 Å². The average Bonchev–Trinajstić information content (AvgIpc) is 3.26. The molecule has 2 aromatic carbocycles. The molecule has 1 atom stereocenters. The predicted molar refractivity (Wildman–Crippen MR) is 111 cm³/mol. The number of nitrogens with zero attached hydrogens (tertiary/aromatic N) is 2. The molecule has 0 aliphatic carbocycles. The highest BCUT2D eigenvalue weighted by atomic mass is 16.5. The van der Waals surface area contributed by atoms with Gasteiger partial charge in [0.15, 0.2) is 0 Å². The molecule has 7 nitrogen and oxygen atoms in total. The van der Waals surface area contributed by atoms with Gasteiger partial charge in [-0.05, 0) is 35.7 Å². The highest BCUT2D eigenvalue weighted by molar-refractivity contribution is 5.96. The van der Waals surface area contributed by atoms with Gasteiger partial charge in [-0.1, -0.05) is 50.2 Å². The maximum absolute atomic E-state index is 12.8. The molecule has 1 aromatic heterocycles. The minimum Gasteiger partial charge on any atom is -0.445 e. The van der Waals surface area contributed by atoms with Crippen molar-refractivity contribution in [2.45, 2.75) is 26.5 Å². The number of hydrogen-bond donors (Lipinski definition) is 2. The number of anilines is 1. The van der Waals surface area contributed by atoms with Crippen molar-refractivity contribution in [3.05, 3.63) is 78.6 Å². The molecule has 3 aromatic rings. The molecule has 0 saturated heterocycles. The number of amides is 2. The lowest BCUT2D eigenvalue weighted by molar-refractivity contribution is -0.119. The molecular formula is C22H24N4O3. The lowest BCUT2D eigenvalue weighted by Crippen LogP contribution is -2.47. The number of rotatable bonds is 7. The number of carbonyl (C=O) groups is 2. The number of ether oxygens (including phenoxy) is 1. The Balaban J connectivity index is 1.61.